The first kappa shape index (κ1) is 10.4. The van der Waals surface area contributed by atoms with E-state index in [4.69, 9.17) is 4.74 Å². The van der Waals surface area contributed by atoms with E-state index in [1.165, 1.54) is 12.3 Å². The minimum absolute atomic E-state index is 0.231. The molecular formula is C11H13NO2. The van der Waals surface area contributed by atoms with Crippen LogP contribution >= 0.6 is 0 Å². The normalized spacial score (nSPS) is 9.50. The number of hydrogen-bond acceptors (Lipinski definition) is 3. The van der Waals surface area contributed by atoms with E-state index < -0.39 is 0 Å². The van der Waals surface area contributed by atoms with Crippen molar-refractivity contribution in [3.8, 4) is 0 Å². The molecule has 14 heavy (non-hydrogen) atoms. The van der Waals surface area contributed by atoms with E-state index in [0.717, 1.165) is 12.1 Å². The van der Waals surface area contributed by atoms with Crippen molar-refractivity contribution in [1.82, 2.24) is 4.98 Å². The number of nitrogens with zero attached hydrogens (tertiary/aromatic N) is 1. The van der Waals surface area contributed by atoms with Gasteiger partial charge in [-0.1, -0.05) is 19.6 Å². The van der Waals surface area contributed by atoms with Crippen molar-refractivity contribution in [2.75, 3.05) is 6.61 Å². The average molecular weight is 191 g/mol. The molecule has 1 aromatic heterocycles. The predicted octanol–water partition coefficient (Wildman–Crippen LogP) is 1.99. The maximum absolute atomic E-state index is 11.3. The number of aryl methyl sites for hydroxylation is 1. The summed E-state index contributed by atoms with van der Waals surface area (Å²) < 4.78 is 4.85. The Labute approximate surface area is 83.4 Å². The monoisotopic (exact) mass is 191 g/mol. The number of carbonyl (C=O) groups excluding carboxylic acids is 1. The summed E-state index contributed by atoms with van der Waals surface area (Å²) in [4.78, 5) is 15.4. The van der Waals surface area contributed by atoms with E-state index in [0.29, 0.717) is 5.56 Å². The van der Waals surface area contributed by atoms with Crippen LogP contribution in [0.25, 0.3) is 0 Å². The van der Waals surface area contributed by atoms with Crippen LogP contribution in [-0.4, -0.2) is 17.6 Å². The number of pyridine rings is 1. The van der Waals surface area contributed by atoms with Gasteiger partial charge in [0.1, 0.15) is 6.61 Å². The van der Waals surface area contributed by atoms with Gasteiger partial charge in [-0.05, 0) is 18.6 Å². The molecule has 0 aliphatic heterocycles. The van der Waals surface area contributed by atoms with Crippen molar-refractivity contribution in [2.45, 2.75) is 13.3 Å². The molecule has 1 heterocycles. The van der Waals surface area contributed by atoms with Crippen LogP contribution in [0.1, 0.15) is 23.0 Å². The van der Waals surface area contributed by atoms with Gasteiger partial charge < -0.3 is 4.74 Å². The maximum atomic E-state index is 11.3. The Kier molecular flexibility index (Phi) is 3.85. The predicted molar refractivity (Wildman–Crippen MR) is 54.1 cm³/mol. The minimum atomic E-state index is -0.361. The van der Waals surface area contributed by atoms with Gasteiger partial charge in [-0.15, -0.1) is 0 Å². The number of esters is 1. The second kappa shape index (κ2) is 5.17. The van der Waals surface area contributed by atoms with Crippen LogP contribution in [-0.2, 0) is 11.2 Å². The third-order valence-corrected chi connectivity index (χ3v) is 1.75. The van der Waals surface area contributed by atoms with Gasteiger partial charge in [0.05, 0.1) is 5.56 Å². The zero-order valence-electron chi connectivity index (χ0n) is 8.19. The van der Waals surface area contributed by atoms with E-state index in [9.17, 15) is 4.79 Å². The molecule has 0 fully saturated rings. The van der Waals surface area contributed by atoms with Gasteiger partial charge in [-0.25, -0.2) is 4.79 Å². The van der Waals surface area contributed by atoms with E-state index in [-0.39, 0.29) is 12.6 Å². The molecule has 1 aromatic rings. The zero-order chi connectivity index (χ0) is 10.4. The quantitative estimate of drug-likeness (QED) is 0.539. The molecule has 0 amide bonds. The highest BCUT2D eigenvalue weighted by atomic mass is 16.5. The summed E-state index contributed by atoms with van der Waals surface area (Å²) in [6.07, 6.45) is 3.93. The molecular weight excluding hydrogens is 178 g/mol. The molecule has 0 spiro atoms. The number of carbonyl (C=O) groups is 1. The molecule has 0 saturated carbocycles. The zero-order valence-corrected chi connectivity index (χ0v) is 8.19. The molecule has 0 radical (unpaired) electrons. The molecule has 0 aliphatic carbocycles. The molecule has 0 aromatic carbocycles. The molecule has 0 N–H and O–H groups in total. The average Bonchev–Trinajstić information content (AvgIpc) is 2.26. The minimum Gasteiger partial charge on any atom is -0.458 e. The SMILES string of the molecule is C=CCOC(=O)c1ccc(CC)nc1. The Morgan fingerprint density at radius 3 is 2.93 bits per heavy atom. The van der Waals surface area contributed by atoms with Crippen LogP contribution in [0, 0.1) is 0 Å². The lowest BCUT2D eigenvalue weighted by Crippen LogP contribution is -2.05. The fraction of sp³-hybridized carbons (Fsp3) is 0.273. The fourth-order valence-corrected chi connectivity index (χ4v) is 0.972. The maximum Gasteiger partial charge on any atom is 0.340 e. The molecule has 0 saturated heterocycles. The molecule has 3 nitrogen and oxygen atoms in total. The van der Waals surface area contributed by atoms with Crippen LogP contribution in [0.2, 0.25) is 0 Å². The van der Waals surface area contributed by atoms with Gasteiger partial charge in [0.2, 0.25) is 0 Å². The Morgan fingerprint density at radius 2 is 2.43 bits per heavy atom. The van der Waals surface area contributed by atoms with Gasteiger partial charge >= 0.3 is 5.97 Å². The molecule has 3 heteroatoms. The Hall–Kier alpha value is -1.64. The van der Waals surface area contributed by atoms with Gasteiger partial charge in [0.25, 0.3) is 0 Å². The molecule has 74 valence electrons. The van der Waals surface area contributed by atoms with Crippen molar-refractivity contribution < 1.29 is 9.53 Å². The molecule has 1 rings (SSSR count). The smallest absolute Gasteiger partial charge is 0.340 e. The Morgan fingerprint density at radius 1 is 1.64 bits per heavy atom. The summed E-state index contributed by atoms with van der Waals surface area (Å²) in [5, 5.41) is 0. The number of hydrogen-bond donors (Lipinski definition) is 0. The van der Waals surface area contributed by atoms with Crippen LogP contribution < -0.4 is 0 Å². The van der Waals surface area contributed by atoms with E-state index in [2.05, 4.69) is 11.6 Å². The highest BCUT2D eigenvalue weighted by molar-refractivity contribution is 5.89. The van der Waals surface area contributed by atoms with Crippen molar-refractivity contribution in [3.63, 3.8) is 0 Å². The summed E-state index contributed by atoms with van der Waals surface area (Å²) in [6.45, 7) is 5.70. The third-order valence-electron chi connectivity index (χ3n) is 1.75. The summed E-state index contributed by atoms with van der Waals surface area (Å²) in [5.41, 5.74) is 1.44. The standard InChI is InChI=1S/C11H13NO2/c1-3-7-14-11(13)9-5-6-10(4-2)12-8-9/h3,5-6,8H,1,4,7H2,2H3. The van der Waals surface area contributed by atoms with Gasteiger partial charge in [0, 0.05) is 11.9 Å². The van der Waals surface area contributed by atoms with Crippen molar-refractivity contribution in [3.05, 3.63) is 42.2 Å². The highest BCUT2D eigenvalue weighted by Crippen LogP contribution is 2.02. The van der Waals surface area contributed by atoms with Crippen molar-refractivity contribution in [1.29, 1.82) is 0 Å². The van der Waals surface area contributed by atoms with Gasteiger partial charge in [0.15, 0.2) is 0 Å². The highest BCUT2D eigenvalue weighted by Gasteiger charge is 2.05. The second-order valence-electron chi connectivity index (χ2n) is 2.78. The van der Waals surface area contributed by atoms with Crippen LogP contribution in [0.3, 0.4) is 0 Å². The number of ether oxygens (including phenoxy) is 1. The van der Waals surface area contributed by atoms with Crippen LogP contribution in [0.5, 0.6) is 0 Å². The Bertz CT molecular complexity index is 317. The lowest BCUT2D eigenvalue weighted by molar-refractivity contribution is 0.0549. The van der Waals surface area contributed by atoms with E-state index in [1.807, 2.05) is 13.0 Å². The largest absolute Gasteiger partial charge is 0.458 e. The first-order chi connectivity index (χ1) is 6.77. The summed E-state index contributed by atoms with van der Waals surface area (Å²) in [6, 6.07) is 3.54. The molecule has 0 aliphatic rings. The van der Waals surface area contributed by atoms with E-state index >= 15 is 0 Å². The number of rotatable bonds is 4. The fourth-order valence-electron chi connectivity index (χ4n) is 0.972. The van der Waals surface area contributed by atoms with Crippen molar-refractivity contribution in [2.24, 2.45) is 0 Å². The number of aromatic nitrogens is 1. The third kappa shape index (κ3) is 2.69. The lowest BCUT2D eigenvalue weighted by atomic mass is 10.2. The van der Waals surface area contributed by atoms with Crippen LogP contribution in [0.15, 0.2) is 31.0 Å². The first-order valence-electron chi connectivity index (χ1n) is 4.51. The summed E-state index contributed by atoms with van der Waals surface area (Å²) in [5.74, 6) is -0.361. The lowest BCUT2D eigenvalue weighted by Gasteiger charge is -2.01. The topological polar surface area (TPSA) is 39.2 Å². The first-order valence-corrected chi connectivity index (χ1v) is 4.51. The van der Waals surface area contributed by atoms with Crippen LogP contribution in [0.4, 0.5) is 0 Å². The van der Waals surface area contributed by atoms with Gasteiger partial charge in [-0.3, -0.25) is 4.98 Å². The molecule has 0 bridgehead atoms. The second-order valence-corrected chi connectivity index (χ2v) is 2.78. The Balaban J connectivity index is 2.66. The molecule has 0 atom stereocenters. The summed E-state index contributed by atoms with van der Waals surface area (Å²) >= 11 is 0. The van der Waals surface area contributed by atoms with Gasteiger partial charge in [-0.2, -0.15) is 0 Å². The molecule has 0 unspecified atom stereocenters. The summed E-state index contributed by atoms with van der Waals surface area (Å²) in [7, 11) is 0. The van der Waals surface area contributed by atoms with Crippen molar-refractivity contribution >= 4 is 5.97 Å². The van der Waals surface area contributed by atoms with E-state index in [1.54, 1.807) is 6.07 Å².